The van der Waals surface area contributed by atoms with Crippen LogP contribution in [0.1, 0.15) is 19.8 Å². The van der Waals surface area contributed by atoms with E-state index in [-0.39, 0.29) is 12.2 Å². The third kappa shape index (κ3) is 3.40. The van der Waals surface area contributed by atoms with Gasteiger partial charge < -0.3 is 20.0 Å². The molecule has 92 valence electrons. The quantitative estimate of drug-likeness (QED) is 0.598. The molecule has 0 amide bonds. The number of aliphatic carboxylic acids is 1. The number of hydrogen-bond acceptors (Lipinski definition) is 5. The number of aromatic nitrogens is 1. The van der Waals surface area contributed by atoms with Crippen LogP contribution in [0.5, 0.6) is 5.75 Å². The Morgan fingerprint density at radius 2 is 2.41 bits per heavy atom. The summed E-state index contributed by atoms with van der Waals surface area (Å²) in [4.78, 5) is 24.3. The molecule has 0 aliphatic rings. The molecule has 1 rings (SSSR count). The first-order valence-electron chi connectivity index (χ1n) is 5.05. The standard InChI is InChI=1S/C10H12N2O5/c1-2-4-8(10(13)14)17-7-5-3-6-11-9(7)12(15)16/h3,5-6,8H,2,4H2,1H3,(H,13,14). The lowest BCUT2D eigenvalue weighted by atomic mass is 10.2. The zero-order chi connectivity index (χ0) is 12.8. The Bertz CT molecular complexity index is 421. The molecule has 17 heavy (non-hydrogen) atoms. The Kier molecular flexibility index (Phi) is 4.38. The zero-order valence-corrected chi connectivity index (χ0v) is 9.20. The molecule has 1 aromatic rings. The van der Waals surface area contributed by atoms with E-state index in [9.17, 15) is 14.9 Å². The van der Waals surface area contributed by atoms with Crippen molar-refractivity contribution in [2.45, 2.75) is 25.9 Å². The molecule has 0 spiro atoms. The molecule has 0 aromatic carbocycles. The summed E-state index contributed by atoms with van der Waals surface area (Å²) in [6, 6.07) is 2.78. The minimum Gasteiger partial charge on any atom is -0.479 e. The van der Waals surface area contributed by atoms with E-state index in [1.807, 2.05) is 0 Å². The molecule has 7 heteroatoms. The number of ether oxygens (including phenoxy) is 1. The number of nitro groups is 1. The summed E-state index contributed by atoms with van der Waals surface area (Å²) in [5, 5.41) is 19.5. The van der Waals surface area contributed by atoms with Gasteiger partial charge in [-0.05, 0) is 28.5 Å². The first-order valence-corrected chi connectivity index (χ1v) is 5.05. The monoisotopic (exact) mass is 240 g/mol. The van der Waals surface area contributed by atoms with Crippen LogP contribution in [0.2, 0.25) is 0 Å². The van der Waals surface area contributed by atoms with Crippen LogP contribution in [-0.4, -0.2) is 27.1 Å². The minimum atomic E-state index is -1.15. The normalized spacial score (nSPS) is 11.8. The van der Waals surface area contributed by atoms with E-state index in [0.717, 1.165) is 0 Å². The van der Waals surface area contributed by atoms with E-state index < -0.39 is 22.8 Å². The second-order valence-corrected chi connectivity index (χ2v) is 3.32. The number of pyridine rings is 1. The summed E-state index contributed by atoms with van der Waals surface area (Å²) >= 11 is 0. The van der Waals surface area contributed by atoms with Gasteiger partial charge in [0.15, 0.2) is 6.10 Å². The van der Waals surface area contributed by atoms with Crippen molar-refractivity contribution in [1.29, 1.82) is 0 Å². The highest BCUT2D eigenvalue weighted by Crippen LogP contribution is 2.24. The van der Waals surface area contributed by atoms with Crippen molar-refractivity contribution in [2.24, 2.45) is 0 Å². The van der Waals surface area contributed by atoms with Gasteiger partial charge in [0.1, 0.15) is 6.20 Å². The number of nitrogens with zero attached hydrogens (tertiary/aromatic N) is 2. The van der Waals surface area contributed by atoms with Crippen molar-refractivity contribution in [1.82, 2.24) is 4.98 Å². The van der Waals surface area contributed by atoms with Gasteiger partial charge in [-0.15, -0.1) is 0 Å². The maximum Gasteiger partial charge on any atom is 0.406 e. The van der Waals surface area contributed by atoms with Gasteiger partial charge in [0.05, 0.1) is 0 Å². The van der Waals surface area contributed by atoms with E-state index in [2.05, 4.69) is 4.98 Å². The Hall–Kier alpha value is -2.18. The highest BCUT2D eigenvalue weighted by Gasteiger charge is 2.23. The Balaban J connectivity index is 2.92. The molecule has 0 aliphatic carbocycles. The van der Waals surface area contributed by atoms with Gasteiger partial charge in [-0.25, -0.2) is 4.79 Å². The van der Waals surface area contributed by atoms with Crippen LogP contribution >= 0.6 is 0 Å². The van der Waals surface area contributed by atoms with Gasteiger partial charge in [0, 0.05) is 0 Å². The molecule has 1 aromatic heterocycles. The SMILES string of the molecule is CCCC(Oc1cccnc1[N+](=O)[O-])C(=O)O. The fourth-order valence-corrected chi connectivity index (χ4v) is 1.26. The molecule has 1 unspecified atom stereocenters. The molecule has 0 fully saturated rings. The van der Waals surface area contributed by atoms with E-state index in [4.69, 9.17) is 9.84 Å². The Morgan fingerprint density at radius 3 is 2.94 bits per heavy atom. The highest BCUT2D eigenvalue weighted by atomic mass is 16.6. The van der Waals surface area contributed by atoms with Gasteiger partial charge in [-0.1, -0.05) is 13.3 Å². The number of carboxylic acids is 1. The van der Waals surface area contributed by atoms with Crippen molar-refractivity contribution in [3.05, 3.63) is 28.4 Å². The van der Waals surface area contributed by atoms with E-state index in [1.54, 1.807) is 6.92 Å². The Labute approximate surface area is 97.2 Å². The van der Waals surface area contributed by atoms with Crippen LogP contribution < -0.4 is 4.74 Å². The van der Waals surface area contributed by atoms with Crippen LogP contribution in [0.25, 0.3) is 0 Å². The van der Waals surface area contributed by atoms with Crippen molar-refractivity contribution in [3.63, 3.8) is 0 Å². The maximum absolute atomic E-state index is 10.9. The third-order valence-corrected chi connectivity index (χ3v) is 2.02. The van der Waals surface area contributed by atoms with Gasteiger partial charge in [0.25, 0.3) is 0 Å². The average molecular weight is 240 g/mol. The van der Waals surface area contributed by atoms with Crippen LogP contribution in [-0.2, 0) is 4.79 Å². The lowest BCUT2D eigenvalue weighted by Gasteiger charge is -2.13. The summed E-state index contributed by atoms with van der Waals surface area (Å²) in [5.41, 5.74) is 0. The van der Waals surface area contributed by atoms with Crippen molar-refractivity contribution >= 4 is 11.8 Å². The number of carboxylic acid groups (broad SMARTS) is 1. The largest absolute Gasteiger partial charge is 0.479 e. The zero-order valence-electron chi connectivity index (χ0n) is 9.20. The summed E-state index contributed by atoms with van der Waals surface area (Å²) in [6.07, 6.45) is 1.04. The third-order valence-electron chi connectivity index (χ3n) is 2.02. The van der Waals surface area contributed by atoms with Crippen LogP contribution in [0.3, 0.4) is 0 Å². The first kappa shape index (κ1) is 12.9. The minimum absolute atomic E-state index is 0.127. The van der Waals surface area contributed by atoms with Gasteiger partial charge in [-0.3, -0.25) is 0 Å². The molecule has 0 saturated carbocycles. The lowest BCUT2D eigenvalue weighted by molar-refractivity contribution is -0.390. The lowest BCUT2D eigenvalue weighted by Crippen LogP contribution is -2.27. The van der Waals surface area contributed by atoms with Gasteiger partial charge in [-0.2, -0.15) is 0 Å². The fourth-order valence-electron chi connectivity index (χ4n) is 1.26. The van der Waals surface area contributed by atoms with E-state index in [0.29, 0.717) is 6.42 Å². The number of carbonyl (C=O) groups is 1. The van der Waals surface area contributed by atoms with Crippen molar-refractivity contribution in [3.8, 4) is 5.75 Å². The molecule has 1 atom stereocenters. The van der Waals surface area contributed by atoms with Gasteiger partial charge in [0.2, 0.25) is 5.75 Å². The van der Waals surface area contributed by atoms with Crippen molar-refractivity contribution in [2.75, 3.05) is 0 Å². The molecule has 0 bridgehead atoms. The number of rotatable bonds is 6. The van der Waals surface area contributed by atoms with Crippen LogP contribution in [0.4, 0.5) is 5.82 Å². The molecule has 0 radical (unpaired) electrons. The summed E-state index contributed by atoms with van der Waals surface area (Å²) in [7, 11) is 0. The number of hydrogen-bond donors (Lipinski definition) is 1. The molecular weight excluding hydrogens is 228 g/mol. The van der Waals surface area contributed by atoms with Crippen LogP contribution in [0.15, 0.2) is 18.3 Å². The maximum atomic E-state index is 10.9. The highest BCUT2D eigenvalue weighted by molar-refractivity contribution is 5.72. The summed E-state index contributed by atoms with van der Waals surface area (Å²) < 4.78 is 5.11. The Morgan fingerprint density at radius 1 is 1.71 bits per heavy atom. The molecule has 1 heterocycles. The molecular formula is C10H12N2O5. The topological polar surface area (TPSA) is 103 Å². The van der Waals surface area contributed by atoms with E-state index in [1.165, 1.54) is 18.3 Å². The van der Waals surface area contributed by atoms with Gasteiger partial charge >= 0.3 is 11.8 Å². The predicted octanol–water partition coefficient (Wildman–Crippen LogP) is 1.62. The summed E-state index contributed by atoms with van der Waals surface area (Å²) in [6.45, 7) is 1.80. The molecule has 0 aliphatic heterocycles. The summed E-state index contributed by atoms with van der Waals surface area (Å²) in [5.74, 6) is -1.75. The van der Waals surface area contributed by atoms with E-state index >= 15 is 0 Å². The molecule has 1 N–H and O–H groups in total. The van der Waals surface area contributed by atoms with Crippen molar-refractivity contribution < 1.29 is 19.6 Å². The first-order chi connectivity index (χ1) is 8.06. The predicted molar refractivity (Wildman–Crippen MR) is 57.9 cm³/mol. The smallest absolute Gasteiger partial charge is 0.406 e. The fraction of sp³-hybridized carbons (Fsp3) is 0.400. The molecule has 7 nitrogen and oxygen atoms in total. The van der Waals surface area contributed by atoms with Crippen LogP contribution in [0, 0.1) is 10.1 Å². The average Bonchev–Trinajstić information content (AvgIpc) is 2.28. The second-order valence-electron chi connectivity index (χ2n) is 3.32. The molecule has 0 saturated heterocycles. The second kappa shape index (κ2) is 5.78.